The molecule has 1 unspecified atom stereocenters. The van der Waals surface area contributed by atoms with Crippen LogP contribution in [0.3, 0.4) is 0 Å². The summed E-state index contributed by atoms with van der Waals surface area (Å²) < 4.78 is 5.91. The molecule has 0 saturated heterocycles. The lowest BCUT2D eigenvalue weighted by atomic mass is 9.84. The molecular weight excluding hydrogens is 210 g/mol. The predicted molar refractivity (Wildman–Crippen MR) is 73.0 cm³/mol. The quantitative estimate of drug-likeness (QED) is 0.566. The van der Waals surface area contributed by atoms with E-state index in [-0.39, 0.29) is 5.60 Å². The average molecular weight is 237 g/mol. The lowest BCUT2D eigenvalue weighted by Gasteiger charge is -2.39. The first-order chi connectivity index (χ1) is 8.29. The van der Waals surface area contributed by atoms with Crippen molar-refractivity contribution in [3.8, 4) is 12.3 Å². The first-order valence-corrected chi connectivity index (χ1v) is 7.01. The second-order valence-electron chi connectivity index (χ2n) is 5.10. The zero-order valence-electron chi connectivity index (χ0n) is 11.4. The van der Waals surface area contributed by atoms with Crippen LogP contribution in [0.5, 0.6) is 0 Å². The molecule has 1 N–H and O–H groups in total. The van der Waals surface area contributed by atoms with Crippen LogP contribution in [0.1, 0.15) is 58.3 Å². The molecule has 1 aliphatic rings. The molecule has 2 heteroatoms. The van der Waals surface area contributed by atoms with Crippen LogP contribution in [0.15, 0.2) is 0 Å². The molecule has 1 saturated carbocycles. The first kappa shape index (κ1) is 14.5. The van der Waals surface area contributed by atoms with Crippen LogP contribution in [-0.4, -0.2) is 25.3 Å². The minimum Gasteiger partial charge on any atom is -0.377 e. The Morgan fingerprint density at radius 2 is 1.94 bits per heavy atom. The highest BCUT2D eigenvalue weighted by molar-refractivity contribution is 5.01. The van der Waals surface area contributed by atoms with Crippen molar-refractivity contribution in [2.24, 2.45) is 0 Å². The van der Waals surface area contributed by atoms with Crippen LogP contribution in [-0.2, 0) is 4.74 Å². The fourth-order valence-corrected chi connectivity index (χ4v) is 2.90. The van der Waals surface area contributed by atoms with Crippen molar-refractivity contribution >= 4 is 0 Å². The highest BCUT2D eigenvalue weighted by atomic mass is 16.5. The molecule has 0 spiro atoms. The van der Waals surface area contributed by atoms with E-state index >= 15 is 0 Å². The molecule has 17 heavy (non-hydrogen) atoms. The highest BCUT2D eigenvalue weighted by Crippen LogP contribution is 2.34. The number of nitrogens with one attached hydrogen (secondary N) is 1. The molecule has 1 rings (SSSR count). The fraction of sp³-hybridized carbons (Fsp3) is 0.867. The van der Waals surface area contributed by atoms with Crippen LogP contribution in [0.4, 0.5) is 0 Å². The van der Waals surface area contributed by atoms with Gasteiger partial charge >= 0.3 is 0 Å². The normalized spacial score (nSPS) is 21.5. The monoisotopic (exact) mass is 237 g/mol. The molecular formula is C15H27NO. The Morgan fingerprint density at radius 1 is 1.29 bits per heavy atom. The van der Waals surface area contributed by atoms with Crippen molar-refractivity contribution in [3.05, 3.63) is 0 Å². The van der Waals surface area contributed by atoms with Gasteiger partial charge in [-0.25, -0.2) is 0 Å². The third-order valence-corrected chi connectivity index (χ3v) is 3.95. The van der Waals surface area contributed by atoms with Crippen LogP contribution in [0, 0.1) is 12.3 Å². The second-order valence-corrected chi connectivity index (χ2v) is 5.10. The van der Waals surface area contributed by atoms with Gasteiger partial charge in [-0.05, 0) is 25.8 Å². The molecule has 0 aromatic rings. The summed E-state index contributed by atoms with van der Waals surface area (Å²) in [6.07, 6.45) is 14.9. The number of rotatable bonds is 6. The summed E-state index contributed by atoms with van der Waals surface area (Å²) in [7, 11) is 1.85. The summed E-state index contributed by atoms with van der Waals surface area (Å²) in [6.45, 7) is 3.21. The first-order valence-electron chi connectivity index (χ1n) is 7.01. The summed E-state index contributed by atoms with van der Waals surface area (Å²) in [5.74, 6) is 2.81. The largest absolute Gasteiger partial charge is 0.377 e. The van der Waals surface area contributed by atoms with Gasteiger partial charge in [0, 0.05) is 19.6 Å². The van der Waals surface area contributed by atoms with E-state index in [2.05, 4.69) is 18.2 Å². The fourth-order valence-electron chi connectivity index (χ4n) is 2.90. The number of terminal acetylenes is 1. The van der Waals surface area contributed by atoms with Crippen LogP contribution < -0.4 is 5.32 Å². The maximum atomic E-state index is 5.91. The molecule has 0 heterocycles. The molecule has 1 atom stereocenters. The molecule has 98 valence electrons. The molecule has 0 radical (unpaired) electrons. The predicted octanol–water partition coefficient (Wildman–Crippen LogP) is 3.12. The lowest BCUT2D eigenvalue weighted by Crippen LogP contribution is -2.52. The van der Waals surface area contributed by atoms with Gasteiger partial charge in [-0.2, -0.15) is 0 Å². The van der Waals surface area contributed by atoms with Gasteiger partial charge in [-0.3, -0.25) is 0 Å². The Labute approximate surface area is 107 Å². The number of hydrogen-bond acceptors (Lipinski definition) is 2. The van der Waals surface area contributed by atoms with E-state index in [1.807, 2.05) is 7.11 Å². The molecule has 0 aliphatic heterocycles. The van der Waals surface area contributed by atoms with Gasteiger partial charge in [-0.1, -0.05) is 32.6 Å². The third kappa shape index (κ3) is 4.01. The van der Waals surface area contributed by atoms with E-state index in [0.29, 0.717) is 6.04 Å². The van der Waals surface area contributed by atoms with Crippen molar-refractivity contribution in [2.75, 3.05) is 13.7 Å². The Kier molecular flexibility index (Phi) is 6.62. The Balaban J connectivity index is 2.73. The van der Waals surface area contributed by atoms with Gasteiger partial charge in [0.15, 0.2) is 0 Å². The van der Waals surface area contributed by atoms with Crippen LogP contribution in [0.25, 0.3) is 0 Å². The van der Waals surface area contributed by atoms with Crippen molar-refractivity contribution in [3.63, 3.8) is 0 Å². The van der Waals surface area contributed by atoms with Gasteiger partial charge in [-0.15, -0.1) is 12.3 Å². The number of methoxy groups -OCH3 is 1. The van der Waals surface area contributed by atoms with E-state index < -0.39 is 0 Å². The number of ether oxygens (including phenoxy) is 1. The van der Waals surface area contributed by atoms with E-state index in [1.165, 1.54) is 25.7 Å². The van der Waals surface area contributed by atoms with Crippen molar-refractivity contribution < 1.29 is 4.74 Å². The van der Waals surface area contributed by atoms with Crippen molar-refractivity contribution in [2.45, 2.75) is 69.9 Å². The summed E-state index contributed by atoms with van der Waals surface area (Å²) in [4.78, 5) is 0. The summed E-state index contributed by atoms with van der Waals surface area (Å²) >= 11 is 0. The van der Waals surface area contributed by atoms with E-state index in [0.717, 1.165) is 32.2 Å². The van der Waals surface area contributed by atoms with Gasteiger partial charge < -0.3 is 10.1 Å². The molecule has 0 bridgehead atoms. The minimum atomic E-state index is -0.0297. The molecule has 0 aromatic heterocycles. The molecule has 2 nitrogen and oxygen atoms in total. The zero-order chi connectivity index (χ0) is 12.6. The maximum absolute atomic E-state index is 5.91. The van der Waals surface area contributed by atoms with E-state index in [9.17, 15) is 0 Å². The van der Waals surface area contributed by atoms with Crippen LogP contribution in [0.2, 0.25) is 0 Å². The van der Waals surface area contributed by atoms with Crippen molar-refractivity contribution in [1.82, 2.24) is 5.32 Å². The standard InChI is InChI=1S/C15H27NO/c1-4-10-14(16-13-5-2)15(17-3)11-8-6-7-9-12-15/h1,14,16H,5-13H2,2-3H3. The maximum Gasteiger partial charge on any atom is 0.0840 e. The minimum absolute atomic E-state index is 0.0297. The van der Waals surface area contributed by atoms with Gasteiger partial charge in [0.2, 0.25) is 0 Å². The number of hydrogen-bond donors (Lipinski definition) is 1. The van der Waals surface area contributed by atoms with Gasteiger partial charge in [0.05, 0.1) is 5.60 Å². The summed E-state index contributed by atoms with van der Waals surface area (Å²) in [6, 6.07) is 0.315. The lowest BCUT2D eigenvalue weighted by molar-refractivity contribution is -0.0514. The topological polar surface area (TPSA) is 21.3 Å². The van der Waals surface area contributed by atoms with E-state index in [1.54, 1.807) is 0 Å². The molecule has 0 amide bonds. The smallest absolute Gasteiger partial charge is 0.0840 e. The Bertz CT molecular complexity index is 236. The molecule has 1 aliphatic carbocycles. The third-order valence-electron chi connectivity index (χ3n) is 3.95. The zero-order valence-corrected chi connectivity index (χ0v) is 11.4. The average Bonchev–Trinajstić information content (AvgIpc) is 2.60. The molecule has 1 fully saturated rings. The summed E-state index contributed by atoms with van der Waals surface area (Å²) in [5.41, 5.74) is -0.0297. The SMILES string of the molecule is C#CCC(NCCC)C1(OC)CCCCCC1. The Hall–Kier alpha value is -0.520. The second kappa shape index (κ2) is 7.74. The molecule has 0 aromatic carbocycles. The van der Waals surface area contributed by atoms with Crippen molar-refractivity contribution in [1.29, 1.82) is 0 Å². The van der Waals surface area contributed by atoms with Crippen LogP contribution >= 0.6 is 0 Å². The Morgan fingerprint density at radius 3 is 2.41 bits per heavy atom. The summed E-state index contributed by atoms with van der Waals surface area (Å²) in [5, 5.41) is 3.59. The highest BCUT2D eigenvalue weighted by Gasteiger charge is 2.38. The van der Waals surface area contributed by atoms with E-state index in [4.69, 9.17) is 11.2 Å². The van der Waals surface area contributed by atoms with Gasteiger partial charge in [0.1, 0.15) is 0 Å². The van der Waals surface area contributed by atoms with Gasteiger partial charge in [0.25, 0.3) is 0 Å².